The molecule has 0 saturated carbocycles. The van der Waals surface area contributed by atoms with E-state index < -0.39 is 25.0 Å². The molecule has 2 aromatic carbocycles. The zero-order valence-corrected chi connectivity index (χ0v) is 11.7. The molecular formula is C16H15BrO2. The van der Waals surface area contributed by atoms with E-state index in [9.17, 15) is 5.11 Å². The van der Waals surface area contributed by atoms with Gasteiger partial charge in [-0.2, -0.15) is 0 Å². The number of hydrogen-bond donors (Lipinski definition) is 1. The second-order valence-corrected chi connectivity index (χ2v) is 5.59. The molecule has 1 heterocycles. The molecule has 2 nitrogen and oxygen atoms in total. The summed E-state index contributed by atoms with van der Waals surface area (Å²) >= 11 is 3.42. The highest BCUT2D eigenvalue weighted by atomic mass is 79.9. The van der Waals surface area contributed by atoms with Crippen molar-refractivity contribution >= 4 is 15.9 Å². The Morgan fingerprint density at radius 2 is 2.11 bits per heavy atom. The van der Waals surface area contributed by atoms with Gasteiger partial charge in [0.05, 0.1) is 12.5 Å². The number of halogens is 1. The van der Waals surface area contributed by atoms with Crippen molar-refractivity contribution in [3.05, 3.63) is 64.1 Å². The maximum atomic E-state index is 9.93. The second-order valence-electron chi connectivity index (χ2n) is 4.68. The van der Waals surface area contributed by atoms with Crippen LogP contribution >= 0.6 is 15.9 Å². The lowest BCUT2D eigenvalue weighted by atomic mass is 9.81. The normalized spacial score (nSPS) is 27.9. The largest absolute Gasteiger partial charge is 0.484 e. The van der Waals surface area contributed by atoms with Crippen molar-refractivity contribution in [2.24, 2.45) is 0 Å². The molecule has 19 heavy (non-hydrogen) atoms. The number of fused-ring (bicyclic) bond motifs is 1. The van der Waals surface area contributed by atoms with Crippen LogP contribution in [0.3, 0.4) is 0 Å². The van der Waals surface area contributed by atoms with E-state index in [2.05, 4.69) is 15.9 Å². The minimum atomic E-state index is -2.46. The van der Waals surface area contributed by atoms with E-state index in [1.807, 2.05) is 36.4 Å². The van der Waals surface area contributed by atoms with E-state index in [4.69, 9.17) is 8.85 Å². The van der Waals surface area contributed by atoms with Gasteiger partial charge in [-0.15, -0.1) is 0 Å². The first-order valence-electron chi connectivity index (χ1n) is 7.53. The average molecular weight is 322 g/mol. The van der Waals surface area contributed by atoms with Crippen LogP contribution in [0.2, 0.25) is 0 Å². The monoisotopic (exact) mass is 321 g/mol. The Morgan fingerprint density at radius 1 is 1.32 bits per heavy atom. The quantitative estimate of drug-likeness (QED) is 0.913. The Hall–Kier alpha value is -1.32. The number of aliphatic hydroxyl groups excluding tert-OH is 1. The summed E-state index contributed by atoms with van der Waals surface area (Å²) in [6.07, 6.45) is 0. The Kier molecular flexibility index (Phi) is 2.34. The Bertz CT molecular complexity index is 688. The fraction of sp³-hybridized carbons (Fsp3) is 0.250. The Balaban J connectivity index is 2.25. The van der Waals surface area contributed by atoms with Crippen LogP contribution in [0.15, 0.2) is 53.0 Å². The first kappa shape index (κ1) is 9.56. The van der Waals surface area contributed by atoms with Gasteiger partial charge in [0.25, 0.3) is 0 Å². The summed E-state index contributed by atoms with van der Waals surface area (Å²) in [6, 6.07) is 14.7. The van der Waals surface area contributed by atoms with Gasteiger partial charge in [0.2, 0.25) is 0 Å². The third-order valence-electron chi connectivity index (χ3n) is 3.41. The average Bonchev–Trinajstić information content (AvgIpc) is 2.82. The van der Waals surface area contributed by atoms with Crippen LogP contribution in [0.1, 0.15) is 28.0 Å². The first-order chi connectivity index (χ1) is 10.4. The van der Waals surface area contributed by atoms with Crippen molar-refractivity contribution in [2.45, 2.75) is 18.4 Å². The van der Waals surface area contributed by atoms with Crippen LogP contribution in [-0.2, 0) is 0 Å². The molecule has 0 spiro atoms. The molecule has 0 aliphatic carbocycles. The third kappa shape index (κ3) is 2.07. The van der Waals surface area contributed by atoms with E-state index in [0.717, 1.165) is 15.6 Å². The summed E-state index contributed by atoms with van der Waals surface area (Å²) in [6.45, 7) is -3.05. The molecule has 98 valence electrons. The Morgan fingerprint density at radius 3 is 2.79 bits per heavy atom. The number of ether oxygens (including phenoxy) is 1. The maximum absolute atomic E-state index is 9.93. The van der Waals surface area contributed by atoms with Crippen molar-refractivity contribution < 1.29 is 14.0 Å². The predicted molar refractivity (Wildman–Crippen MR) is 78.5 cm³/mol. The summed E-state index contributed by atoms with van der Waals surface area (Å²) in [4.78, 5) is 0. The van der Waals surface area contributed by atoms with Gasteiger partial charge in [0, 0.05) is 14.1 Å². The zero-order valence-electron chi connectivity index (χ0n) is 13.1. The molecule has 1 aliphatic heterocycles. The lowest BCUT2D eigenvalue weighted by Crippen LogP contribution is -2.39. The van der Waals surface area contributed by atoms with Crippen molar-refractivity contribution in [3.63, 3.8) is 0 Å². The molecule has 3 rings (SSSR count). The predicted octanol–water partition coefficient (Wildman–Crippen LogP) is 3.72. The smallest absolute Gasteiger partial charge is 0.140 e. The number of aliphatic hydroxyl groups is 1. The van der Waals surface area contributed by atoms with E-state index in [1.165, 1.54) is 0 Å². The minimum absolute atomic E-state index is 0.502. The Labute approximate surface area is 125 Å². The molecule has 0 amide bonds. The fourth-order valence-corrected chi connectivity index (χ4v) is 2.94. The van der Waals surface area contributed by atoms with Gasteiger partial charge in [0.1, 0.15) is 11.4 Å². The van der Waals surface area contributed by atoms with Gasteiger partial charge in [-0.3, -0.25) is 0 Å². The zero-order chi connectivity index (χ0) is 16.0. The molecule has 3 heteroatoms. The SMILES string of the molecule is [2H]C([2H])([2H])C1(CO)Oc2ccc(Br)cc2C1c1ccccc1. The van der Waals surface area contributed by atoms with Gasteiger partial charge in [-0.1, -0.05) is 46.3 Å². The fourth-order valence-electron chi connectivity index (χ4n) is 2.56. The van der Waals surface area contributed by atoms with Crippen LogP contribution in [0.4, 0.5) is 0 Å². The summed E-state index contributed by atoms with van der Waals surface area (Å²) in [5.74, 6) is -0.0547. The van der Waals surface area contributed by atoms with Crippen LogP contribution in [0.25, 0.3) is 0 Å². The van der Waals surface area contributed by atoms with E-state index in [0.29, 0.717) is 5.75 Å². The summed E-state index contributed by atoms with van der Waals surface area (Å²) in [5.41, 5.74) is -0.0902. The van der Waals surface area contributed by atoms with Gasteiger partial charge in [0.15, 0.2) is 0 Å². The van der Waals surface area contributed by atoms with Gasteiger partial charge in [-0.25, -0.2) is 0 Å². The van der Waals surface area contributed by atoms with Gasteiger partial charge in [-0.05, 0) is 30.6 Å². The van der Waals surface area contributed by atoms with Gasteiger partial charge < -0.3 is 9.84 Å². The molecule has 1 N–H and O–H groups in total. The topological polar surface area (TPSA) is 29.5 Å². The van der Waals surface area contributed by atoms with Gasteiger partial charge >= 0.3 is 0 Å². The molecule has 1 aliphatic rings. The number of benzene rings is 2. The van der Waals surface area contributed by atoms with Crippen molar-refractivity contribution in [2.75, 3.05) is 6.61 Å². The van der Waals surface area contributed by atoms with Crippen LogP contribution in [-0.4, -0.2) is 17.3 Å². The molecule has 0 saturated heterocycles. The highest BCUT2D eigenvalue weighted by Crippen LogP contribution is 2.48. The van der Waals surface area contributed by atoms with Crippen molar-refractivity contribution in [1.29, 1.82) is 0 Å². The summed E-state index contributed by atoms with van der Waals surface area (Å²) in [7, 11) is 0. The lowest BCUT2D eigenvalue weighted by molar-refractivity contribution is 0.0325. The maximum Gasteiger partial charge on any atom is 0.140 e. The first-order valence-corrected chi connectivity index (χ1v) is 6.82. The van der Waals surface area contributed by atoms with E-state index in [-0.39, 0.29) is 0 Å². The second kappa shape index (κ2) is 4.66. The molecule has 2 aromatic rings. The van der Waals surface area contributed by atoms with Crippen LogP contribution in [0.5, 0.6) is 5.75 Å². The molecule has 0 bridgehead atoms. The highest BCUT2D eigenvalue weighted by Gasteiger charge is 2.45. The van der Waals surface area contributed by atoms with Crippen LogP contribution < -0.4 is 4.74 Å². The number of hydrogen-bond acceptors (Lipinski definition) is 2. The number of rotatable bonds is 2. The summed E-state index contributed by atoms with van der Waals surface area (Å²) < 4.78 is 30.4. The van der Waals surface area contributed by atoms with E-state index in [1.54, 1.807) is 12.1 Å². The molecule has 0 radical (unpaired) electrons. The minimum Gasteiger partial charge on any atom is -0.484 e. The lowest BCUT2D eigenvalue weighted by Gasteiger charge is -2.29. The third-order valence-corrected chi connectivity index (χ3v) is 3.90. The molecular weight excluding hydrogens is 304 g/mol. The standard InChI is InChI=1S/C16H15BrO2/c1-16(10-18)15(11-5-3-2-4-6-11)13-9-12(17)7-8-14(13)19-16/h2-9,15,18H,10H2,1H3/i1D3. The molecule has 0 aromatic heterocycles. The van der Waals surface area contributed by atoms with Crippen molar-refractivity contribution in [3.8, 4) is 5.75 Å². The molecule has 2 unspecified atom stereocenters. The summed E-state index contributed by atoms with van der Waals surface area (Å²) in [5, 5.41) is 9.93. The van der Waals surface area contributed by atoms with Crippen molar-refractivity contribution in [1.82, 2.24) is 0 Å². The van der Waals surface area contributed by atoms with E-state index >= 15 is 0 Å². The highest BCUT2D eigenvalue weighted by molar-refractivity contribution is 9.10. The molecule has 0 fully saturated rings. The van der Waals surface area contributed by atoms with Crippen LogP contribution in [0, 0.1) is 0 Å². The molecule has 2 atom stereocenters.